The van der Waals surface area contributed by atoms with Crippen molar-refractivity contribution in [3.8, 4) is 0 Å². The highest BCUT2D eigenvalue weighted by atomic mass is 16.4. The number of carbonyl (C=O) groups excluding carboxylic acids is 2. The summed E-state index contributed by atoms with van der Waals surface area (Å²) in [6.45, 7) is 16.2. The van der Waals surface area contributed by atoms with Crippen LogP contribution in [0.25, 0.3) is 0 Å². The Labute approximate surface area is 212 Å². The highest BCUT2D eigenvalue weighted by molar-refractivity contribution is 5.98. The van der Waals surface area contributed by atoms with Crippen LogP contribution >= 0.6 is 0 Å². The van der Waals surface area contributed by atoms with E-state index in [1.807, 2.05) is 0 Å². The molecular weight excluding hydrogens is 436 g/mol. The molecule has 0 amide bonds. The van der Waals surface area contributed by atoms with Gasteiger partial charge in [0.25, 0.3) is 0 Å². The maximum absolute atomic E-state index is 13.2. The molecule has 4 heteroatoms. The number of ketones is 1. The number of carboxylic acids is 1. The number of aldehydes is 1. The number of rotatable bonds is 3. The Morgan fingerprint density at radius 1 is 0.914 bits per heavy atom. The molecule has 10 atom stereocenters. The standard InChI is InChI=1S/C31H48O4/c1-18(2)20-10-13-31(26(34)35)15-14-29(6)21(24(20)31)8-9-23-28(5)16-19(17-32)25(33)27(3,4)22(28)11-12-30(23,29)7/h17-24H,8-16H2,1-7H3,(H,34,35)/t19?,20-,21+,22-,23+,24+,28-,29+,30+,31-/m0/s1. The van der Waals surface area contributed by atoms with Gasteiger partial charge in [-0.25, -0.2) is 0 Å². The van der Waals surface area contributed by atoms with Gasteiger partial charge in [0.1, 0.15) is 12.1 Å². The quantitative estimate of drug-likeness (QED) is 0.353. The van der Waals surface area contributed by atoms with Gasteiger partial charge in [0.05, 0.1) is 11.3 Å². The zero-order valence-corrected chi connectivity index (χ0v) is 23.2. The largest absolute Gasteiger partial charge is 0.481 e. The molecule has 5 aliphatic rings. The van der Waals surface area contributed by atoms with Gasteiger partial charge in [0, 0.05) is 5.41 Å². The van der Waals surface area contributed by atoms with Crippen molar-refractivity contribution in [1.29, 1.82) is 0 Å². The summed E-state index contributed by atoms with van der Waals surface area (Å²) in [6, 6.07) is 0. The van der Waals surface area contributed by atoms with Gasteiger partial charge in [-0.1, -0.05) is 48.5 Å². The van der Waals surface area contributed by atoms with Crippen LogP contribution in [-0.4, -0.2) is 23.1 Å². The zero-order chi connectivity index (χ0) is 25.8. The number of carbonyl (C=O) groups is 3. The van der Waals surface area contributed by atoms with Crippen molar-refractivity contribution >= 4 is 18.0 Å². The molecule has 5 aliphatic carbocycles. The van der Waals surface area contributed by atoms with Gasteiger partial charge in [-0.15, -0.1) is 0 Å². The molecule has 0 aromatic heterocycles. The first-order valence-electron chi connectivity index (χ1n) is 14.4. The summed E-state index contributed by atoms with van der Waals surface area (Å²) >= 11 is 0. The molecule has 0 aliphatic heterocycles. The lowest BCUT2D eigenvalue weighted by Crippen LogP contribution is -2.67. The predicted molar refractivity (Wildman–Crippen MR) is 137 cm³/mol. The molecule has 35 heavy (non-hydrogen) atoms. The monoisotopic (exact) mass is 484 g/mol. The lowest BCUT2D eigenvalue weighted by molar-refractivity contribution is -0.239. The SMILES string of the molecule is CC(C)[C@@H]1CC[C@]2(C(=O)O)CC[C@]3(C)[C@H](CC[C@@H]4[C@@]5(C)CC(C=O)C(=O)C(C)(C)[C@@H]5CC[C@]43C)[C@@H]12. The maximum Gasteiger partial charge on any atom is 0.309 e. The van der Waals surface area contributed by atoms with Gasteiger partial charge < -0.3 is 9.90 Å². The van der Waals surface area contributed by atoms with Crippen LogP contribution in [-0.2, 0) is 14.4 Å². The number of hydrogen-bond acceptors (Lipinski definition) is 3. The summed E-state index contributed by atoms with van der Waals surface area (Å²) in [5.74, 6) is 1.64. The van der Waals surface area contributed by atoms with Gasteiger partial charge in [0.2, 0.25) is 0 Å². The fourth-order valence-electron chi connectivity index (χ4n) is 11.9. The van der Waals surface area contributed by atoms with Crippen LogP contribution in [0.1, 0.15) is 106 Å². The van der Waals surface area contributed by atoms with E-state index in [-0.39, 0.29) is 27.9 Å². The van der Waals surface area contributed by atoms with Crippen molar-refractivity contribution in [2.24, 2.45) is 68.5 Å². The van der Waals surface area contributed by atoms with Crippen LogP contribution in [0.15, 0.2) is 0 Å². The second-order valence-electron chi connectivity index (χ2n) is 15.1. The fraction of sp³-hybridized carbons (Fsp3) is 0.903. The molecule has 0 aromatic rings. The average molecular weight is 485 g/mol. The van der Waals surface area contributed by atoms with E-state index in [1.165, 1.54) is 0 Å². The highest BCUT2D eigenvalue weighted by Gasteiger charge is 2.72. The minimum absolute atomic E-state index is 0.0293. The molecule has 0 spiro atoms. The highest BCUT2D eigenvalue weighted by Crippen LogP contribution is 2.77. The summed E-state index contributed by atoms with van der Waals surface area (Å²) in [5, 5.41) is 10.5. The molecule has 0 radical (unpaired) electrons. The van der Waals surface area contributed by atoms with Crippen molar-refractivity contribution in [2.45, 2.75) is 106 Å². The Morgan fingerprint density at radius 3 is 2.20 bits per heavy atom. The smallest absolute Gasteiger partial charge is 0.309 e. The number of aliphatic carboxylic acids is 1. The van der Waals surface area contributed by atoms with E-state index in [0.717, 1.165) is 57.7 Å². The lowest BCUT2D eigenvalue weighted by atomic mass is 9.32. The normalized spacial score (nSPS) is 52.7. The van der Waals surface area contributed by atoms with Crippen LogP contribution in [0.3, 0.4) is 0 Å². The molecule has 1 unspecified atom stereocenters. The van der Waals surface area contributed by atoms with E-state index >= 15 is 0 Å². The minimum atomic E-state index is -0.544. The number of carboxylic acid groups (broad SMARTS) is 1. The summed E-state index contributed by atoms with van der Waals surface area (Å²) in [4.78, 5) is 38.1. The molecule has 5 fully saturated rings. The predicted octanol–water partition coefficient (Wildman–Crippen LogP) is 6.80. The first-order chi connectivity index (χ1) is 16.2. The fourth-order valence-corrected chi connectivity index (χ4v) is 11.9. The van der Waals surface area contributed by atoms with Crippen LogP contribution in [0.2, 0.25) is 0 Å². The van der Waals surface area contributed by atoms with Gasteiger partial charge in [0.15, 0.2) is 0 Å². The molecule has 5 saturated carbocycles. The Balaban J connectivity index is 1.58. The third-order valence-electron chi connectivity index (χ3n) is 13.7. The molecule has 0 aromatic carbocycles. The summed E-state index contributed by atoms with van der Waals surface area (Å²) < 4.78 is 0. The van der Waals surface area contributed by atoms with Crippen molar-refractivity contribution in [1.82, 2.24) is 0 Å². The second kappa shape index (κ2) is 7.67. The van der Waals surface area contributed by atoms with Crippen molar-refractivity contribution in [3.05, 3.63) is 0 Å². The topological polar surface area (TPSA) is 71.4 Å². The second-order valence-corrected chi connectivity index (χ2v) is 15.1. The van der Waals surface area contributed by atoms with E-state index in [4.69, 9.17) is 0 Å². The van der Waals surface area contributed by atoms with E-state index in [2.05, 4.69) is 48.5 Å². The molecule has 5 rings (SSSR count). The average Bonchev–Trinajstić information content (AvgIpc) is 3.18. The van der Waals surface area contributed by atoms with E-state index in [1.54, 1.807) is 0 Å². The summed E-state index contributed by atoms with van der Waals surface area (Å²) in [6.07, 6.45) is 9.70. The Kier molecular flexibility index (Phi) is 5.58. The molecule has 0 bridgehead atoms. The van der Waals surface area contributed by atoms with Gasteiger partial charge in [-0.05, 0) is 110 Å². The minimum Gasteiger partial charge on any atom is -0.481 e. The third-order valence-corrected chi connectivity index (χ3v) is 13.7. The molecule has 0 heterocycles. The number of hydrogen-bond donors (Lipinski definition) is 1. The van der Waals surface area contributed by atoms with Gasteiger partial charge in [-0.2, -0.15) is 0 Å². The zero-order valence-electron chi connectivity index (χ0n) is 23.2. The van der Waals surface area contributed by atoms with Crippen LogP contribution in [0.5, 0.6) is 0 Å². The van der Waals surface area contributed by atoms with Crippen molar-refractivity contribution < 1.29 is 19.5 Å². The first-order valence-corrected chi connectivity index (χ1v) is 14.4. The first kappa shape index (κ1) is 25.5. The Morgan fingerprint density at radius 2 is 1.60 bits per heavy atom. The third kappa shape index (κ3) is 2.95. The maximum atomic E-state index is 13.2. The lowest BCUT2D eigenvalue weighted by Gasteiger charge is -2.72. The Hall–Kier alpha value is -1.19. The molecule has 1 N–H and O–H groups in total. The molecular formula is C31H48O4. The van der Waals surface area contributed by atoms with Gasteiger partial charge >= 0.3 is 5.97 Å². The summed E-state index contributed by atoms with van der Waals surface area (Å²) in [7, 11) is 0. The Bertz CT molecular complexity index is 936. The van der Waals surface area contributed by atoms with E-state index in [0.29, 0.717) is 36.0 Å². The molecule has 0 saturated heterocycles. The van der Waals surface area contributed by atoms with Crippen molar-refractivity contribution in [2.75, 3.05) is 0 Å². The molecule has 4 nitrogen and oxygen atoms in total. The summed E-state index contributed by atoms with van der Waals surface area (Å²) in [5.41, 5.74) is -0.812. The van der Waals surface area contributed by atoms with Crippen LogP contribution in [0, 0.1) is 68.5 Å². The van der Waals surface area contributed by atoms with Crippen LogP contribution in [0.4, 0.5) is 0 Å². The van der Waals surface area contributed by atoms with Crippen LogP contribution < -0.4 is 0 Å². The van der Waals surface area contributed by atoms with E-state index in [9.17, 15) is 19.5 Å². The number of fused-ring (bicyclic) bond motifs is 7. The van der Waals surface area contributed by atoms with Crippen molar-refractivity contribution in [3.63, 3.8) is 0 Å². The van der Waals surface area contributed by atoms with E-state index < -0.39 is 22.7 Å². The number of Topliss-reactive ketones (excluding diaryl/α,β-unsaturated/α-hetero) is 1. The molecule has 196 valence electrons. The van der Waals surface area contributed by atoms with Gasteiger partial charge in [-0.3, -0.25) is 9.59 Å².